The van der Waals surface area contributed by atoms with Crippen LogP contribution in [-0.2, 0) is 7.05 Å². The van der Waals surface area contributed by atoms with Crippen LogP contribution in [-0.4, -0.2) is 61.7 Å². The van der Waals surface area contributed by atoms with Crippen LogP contribution in [0.3, 0.4) is 0 Å². The van der Waals surface area contributed by atoms with Gasteiger partial charge in [0.15, 0.2) is 0 Å². The molecule has 1 aliphatic rings. The third-order valence-electron chi connectivity index (χ3n) is 4.98. The van der Waals surface area contributed by atoms with Crippen LogP contribution in [0.1, 0.15) is 23.3 Å². The minimum atomic E-state index is -0.0254. The summed E-state index contributed by atoms with van der Waals surface area (Å²) in [6.07, 6.45) is 8.69. The molecule has 0 unspecified atom stereocenters. The molecule has 26 heavy (non-hydrogen) atoms. The molecule has 1 aliphatic heterocycles. The first kappa shape index (κ1) is 16.4. The molecule has 8 heteroatoms. The molecule has 4 rings (SSSR count). The van der Waals surface area contributed by atoms with Gasteiger partial charge in [-0.15, -0.1) is 0 Å². The van der Waals surface area contributed by atoms with Crippen molar-refractivity contribution < 1.29 is 4.79 Å². The Morgan fingerprint density at radius 3 is 2.77 bits per heavy atom. The molecule has 3 aromatic rings. The fraction of sp³-hybridized carbons (Fsp3) is 0.389. The highest BCUT2D eigenvalue weighted by Crippen LogP contribution is 2.26. The number of aromatic nitrogens is 5. The molecule has 4 heterocycles. The highest BCUT2D eigenvalue weighted by Gasteiger charge is 2.28. The largest absolute Gasteiger partial charge is 0.356 e. The van der Waals surface area contributed by atoms with Gasteiger partial charge in [0.1, 0.15) is 17.8 Å². The van der Waals surface area contributed by atoms with Gasteiger partial charge in [0.05, 0.1) is 11.7 Å². The van der Waals surface area contributed by atoms with Crippen molar-refractivity contribution in [1.29, 1.82) is 0 Å². The lowest BCUT2D eigenvalue weighted by Gasteiger charge is -2.37. The molecule has 0 radical (unpaired) electrons. The van der Waals surface area contributed by atoms with Crippen LogP contribution in [0.5, 0.6) is 0 Å². The van der Waals surface area contributed by atoms with Crippen molar-refractivity contribution in [2.45, 2.75) is 18.9 Å². The van der Waals surface area contributed by atoms with Gasteiger partial charge in [-0.25, -0.2) is 9.97 Å². The number of fused-ring (bicyclic) bond motifs is 1. The molecule has 1 amide bonds. The third kappa shape index (κ3) is 2.98. The van der Waals surface area contributed by atoms with Crippen LogP contribution in [0.2, 0.25) is 0 Å². The third-order valence-corrected chi connectivity index (χ3v) is 4.98. The van der Waals surface area contributed by atoms with Crippen LogP contribution in [0.15, 0.2) is 37.1 Å². The van der Waals surface area contributed by atoms with E-state index in [1.54, 1.807) is 35.7 Å². The molecule has 0 atom stereocenters. The van der Waals surface area contributed by atoms with Gasteiger partial charge < -0.3 is 9.80 Å². The molecule has 0 bridgehead atoms. The van der Waals surface area contributed by atoms with Gasteiger partial charge in [-0.05, 0) is 25.0 Å². The Balaban J connectivity index is 1.46. The second-order valence-corrected chi connectivity index (χ2v) is 6.60. The van der Waals surface area contributed by atoms with E-state index in [9.17, 15) is 4.79 Å². The molecule has 0 N–H and O–H groups in total. The van der Waals surface area contributed by atoms with E-state index < -0.39 is 0 Å². The molecule has 8 nitrogen and oxygen atoms in total. The number of carbonyl (C=O) groups excluding carboxylic acids is 1. The van der Waals surface area contributed by atoms with E-state index in [0.717, 1.165) is 42.7 Å². The summed E-state index contributed by atoms with van der Waals surface area (Å²) in [6.45, 7) is 1.69. The van der Waals surface area contributed by atoms with Crippen LogP contribution in [0.25, 0.3) is 10.9 Å². The quantitative estimate of drug-likeness (QED) is 0.711. The summed E-state index contributed by atoms with van der Waals surface area (Å²) >= 11 is 0. The average molecular weight is 351 g/mol. The lowest BCUT2D eigenvalue weighted by atomic mass is 10.0. The minimum Gasteiger partial charge on any atom is -0.356 e. The van der Waals surface area contributed by atoms with Gasteiger partial charge in [0.2, 0.25) is 0 Å². The summed E-state index contributed by atoms with van der Waals surface area (Å²) in [5, 5.41) is 5.23. The van der Waals surface area contributed by atoms with E-state index in [0.29, 0.717) is 5.69 Å². The normalized spacial score (nSPS) is 15.4. The average Bonchev–Trinajstić information content (AvgIpc) is 3.13. The van der Waals surface area contributed by atoms with Gasteiger partial charge in [-0.2, -0.15) is 5.10 Å². The highest BCUT2D eigenvalue weighted by atomic mass is 16.2. The summed E-state index contributed by atoms with van der Waals surface area (Å²) in [5.74, 6) is 0.914. The summed E-state index contributed by atoms with van der Waals surface area (Å²) in [6, 6.07) is 3.92. The van der Waals surface area contributed by atoms with E-state index in [2.05, 4.69) is 25.0 Å². The number of hydrogen-bond acceptors (Lipinski definition) is 6. The maximum atomic E-state index is 12.6. The molecular weight excluding hydrogens is 330 g/mol. The Hall–Kier alpha value is -3.03. The first-order valence-corrected chi connectivity index (χ1v) is 8.70. The zero-order valence-electron chi connectivity index (χ0n) is 14.9. The van der Waals surface area contributed by atoms with Crippen molar-refractivity contribution >= 4 is 22.6 Å². The van der Waals surface area contributed by atoms with Gasteiger partial charge in [0, 0.05) is 51.0 Å². The number of aryl methyl sites for hydroxylation is 1. The number of amides is 1. The number of pyridine rings is 1. The van der Waals surface area contributed by atoms with Gasteiger partial charge in [0.25, 0.3) is 5.91 Å². The zero-order valence-corrected chi connectivity index (χ0v) is 14.9. The summed E-state index contributed by atoms with van der Waals surface area (Å²) < 4.78 is 1.65. The Kier molecular flexibility index (Phi) is 4.24. The zero-order chi connectivity index (χ0) is 18.1. The van der Waals surface area contributed by atoms with E-state index in [1.807, 2.05) is 25.1 Å². The monoisotopic (exact) mass is 351 g/mol. The number of hydrogen-bond donors (Lipinski definition) is 0. The second kappa shape index (κ2) is 6.70. The SMILES string of the molecule is CN(C(=O)c1ccn(C)n1)C1CCN(c2ncnc3cnccc23)CC1. The summed E-state index contributed by atoms with van der Waals surface area (Å²) in [4.78, 5) is 29.6. The van der Waals surface area contributed by atoms with Crippen molar-refractivity contribution in [3.05, 3.63) is 42.7 Å². The summed E-state index contributed by atoms with van der Waals surface area (Å²) in [7, 11) is 3.68. The lowest BCUT2D eigenvalue weighted by molar-refractivity contribution is 0.0702. The Bertz CT molecular complexity index is 925. The second-order valence-electron chi connectivity index (χ2n) is 6.60. The van der Waals surface area contributed by atoms with E-state index >= 15 is 0 Å². The highest BCUT2D eigenvalue weighted by molar-refractivity contribution is 5.92. The molecule has 0 aliphatic carbocycles. The molecule has 134 valence electrons. The van der Waals surface area contributed by atoms with Crippen LogP contribution >= 0.6 is 0 Å². The first-order chi connectivity index (χ1) is 12.6. The van der Waals surface area contributed by atoms with Crippen LogP contribution < -0.4 is 4.90 Å². The number of anilines is 1. The Morgan fingerprint density at radius 1 is 1.23 bits per heavy atom. The first-order valence-electron chi connectivity index (χ1n) is 8.70. The topological polar surface area (TPSA) is 80.0 Å². The fourth-order valence-corrected chi connectivity index (χ4v) is 3.49. The van der Waals surface area contributed by atoms with Crippen molar-refractivity contribution in [2.24, 2.45) is 7.05 Å². The van der Waals surface area contributed by atoms with Gasteiger partial charge >= 0.3 is 0 Å². The van der Waals surface area contributed by atoms with Crippen molar-refractivity contribution in [3.8, 4) is 0 Å². The molecule has 3 aromatic heterocycles. The maximum Gasteiger partial charge on any atom is 0.274 e. The lowest BCUT2D eigenvalue weighted by Crippen LogP contribution is -2.46. The van der Waals surface area contributed by atoms with Crippen LogP contribution in [0.4, 0.5) is 5.82 Å². The smallest absolute Gasteiger partial charge is 0.274 e. The summed E-state index contributed by atoms with van der Waals surface area (Å²) in [5.41, 5.74) is 1.34. The van der Waals surface area contributed by atoms with Crippen molar-refractivity contribution in [3.63, 3.8) is 0 Å². The number of carbonyl (C=O) groups is 1. The molecule has 0 aromatic carbocycles. The standard InChI is InChI=1S/C18H21N7O/c1-23-8-6-15(22-23)18(26)24(2)13-4-9-25(10-5-13)17-14-3-7-19-11-16(14)20-12-21-17/h3,6-8,11-13H,4-5,9-10H2,1-2H3. The maximum absolute atomic E-state index is 12.6. The molecule has 1 fully saturated rings. The molecule has 0 saturated carbocycles. The Morgan fingerprint density at radius 2 is 2.04 bits per heavy atom. The van der Waals surface area contributed by atoms with Crippen molar-refractivity contribution in [2.75, 3.05) is 25.0 Å². The molecule has 0 spiro atoms. The fourth-order valence-electron chi connectivity index (χ4n) is 3.49. The van der Waals surface area contributed by atoms with Crippen molar-refractivity contribution in [1.82, 2.24) is 29.6 Å². The Labute approximate surface area is 151 Å². The minimum absolute atomic E-state index is 0.0254. The molecule has 1 saturated heterocycles. The number of rotatable bonds is 3. The van der Waals surface area contributed by atoms with Gasteiger partial charge in [-0.1, -0.05) is 0 Å². The number of piperidine rings is 1. The van der Waals surface area contributed by atoms with Gasteiger partial charge in [-0.3, -0.25) is 14.5 Å². The van der Waals surface area contributed by atoms with E-state index in [1.165, 1.54) is 0 Å². The van der Waals surface area contributed by atoms with Crippen LogP contribution in [0, 0.1) is 0 Å². The number of nitrogens with zero attached hydrogens (tertiary/aromatic N) is 7. The predicted octanol–water partition coefficient (Wildman–Crippen LogP) is 1.50. The van der Waals surface area contributed by atoms with E-state index in [-0.39, 0.29) is 11.9 Å². The predicted molar refractivity (Wildman–Crippen MR) is 97.9 cm³/mol. The molecular formula is C18H21N7O. The van der Waals surface area contributed by atoms with E-state index in [4.69, 9.17) is 0 Å².